The van der Waals surface area contributed by atoms with Crippen LogP contribution in [0.1, 0.15) is 50.8 Å². The van der Waals surface area contributed by atoms with Gasteiger partial charge in [0.2, 0.25) is 5.75 Å². The monoisotopic (exact) mass is 555 g/mol. The van der Waals surface area contributed by atoms with E-state index >= 15 is 0 Å². The van der Waals surface area contributed by atoms with Crippen LogP contribution in [0.15, 0.2) is 35.5 Å². The molecule has 0 aliphatic heterocycles. The van der Waals surface area contributed by atoms with Gasteiger partial charge in [0.15, 0.2) is 29.6 Å². The van der Waals surface area contributed by atoms with Gasteiger partial charge < -0.3 is 28.2 Å². The minimum atomic E-state index is -2.16. The lowest BCUT2D eigenvalue weighted by atomic mass is 9.92. The van der Waals surface area contributed by atoms with E-state index < -0.39 is 8.32 Å². The molecule has 0 saturated heterocycles. The number of allylic oxidation sites excluding steroid dienone is 1. The predicted molar refractivity (Wildman–Crippen MR) is 156 cm³/mol. The Balaban J connectivity index is 2.27. The summed E-state index contributed by atoms with van der Waals surface area (Å²) in [5.74, 6) is 2.95. The molecule has 1 aliphatic rings. The van der Waals surface area contributed by atoms with Crippen LogP contribution in [0.2, 0.25) is 18.1 Å². The fourth-order valence-corrected chi connectivity index (χ4v) is 5.16. The fourth-order valence-electron chi connectivity index (χ4n) is 4.14. The molecule has 8 nitrogen and oxygen atoms in total. The summed E-state index contributed by atoms with van der Waals surface area (Å²) in [6.07, 6.45) is 3.17. The van der Waals surface area contributed by atoms with Gasteiger partial charge in [-0.2, -0.15) is 0 Å². The van der Waals surface area contributed by atoms with Crippen molar-refractivity contribution in [1.82, 2.24) is 0 Å². The van der Waals surface area contributed by atoms with Crippen molar-refractivity contribution in [2.75, 3.05) is 35.0 Å². The Labute approximate surface area is 233 Å². The molecule has 0 fully saturated rings. The summed E-state index contributed by atoms with van der Waals surface area (Å²) >= 11 is 0. The number of fused-ring (bicyclic) bond motifs is 1. The number of benzene rings is 2. The highest BCUT2D eigenvalue weighted by Crippen LogP contribution is 2.47. The number of carbonyl (C=O) groups excluding carboxylic acids is 1. The lowest BCUT2D eigenvalue weighted by molar-refractivity contribution is -0.121. The summed E-state index contributed by atoms with van der Waals surface area (Å²) < 4.78 is 29.6. The van der Waals surface area contributed by atoms with Crippen molar-refractivity contribution in [3.8, 4) is 28.7 Å². The van der Waals surface area contributed by atoms with E-state index in [1.165, 1.54) is 6.92 Å². The number of Topliss-reactive ketones (excluding diaryl/α,β-unsaturated/α-hetero) is 1. The normalized spacial score (nSPS) is 14.6. The van der Waals surface area contributed by atoms with Gasteiger partial charge in [0.25, 0.3) is 8.32 Å². The van der Waals surface area contributed by atoms with E-state index in [1.54, 1.807) is 28.4 Å². The van der Waals surface area contributed by atoms with Gasteiger partial charge in [-0.05, 0) is 78.9 Å². The highest BCUT2D eigenvalue weighted by molar-refractivity contribution is 6.74. The number of rotatable bonds is 10. The molecule has 0 spiro atoms. The molecule has 0 bridgehead atoms. The van der Waals surface area contributed by atoms with E-state index in [4.69, 9.17) is 28.2 Å². The van der Waals surface area contributed by atoms with Crippen LogP contribution in [0.4, 0.5) is 0 Å². The minimum absolute atomic E-state index is 0.00731. The van der Waals surface area contributed by atoms with Crippen LogP contribution in [-0.4, -0.2) is 54.9 Å². The first-order valence-corrected chi connectivity index (χ1v) is 15.9. The summed E-state index contributed by atoms with van der Waals surface area (Å²) in [7, 11) is 4.30. The average molecular weight is 556 g/mol. The van der Waals surface area contributed by atoms with E-state index in [-0.39, 0.29) is 17.4 Å². The number of oxime groups is 1. The minimum Gasteiger partial charge on any atom is -0.541 e. The fraction of sp³-hybridized carbons (Fsp3) is 0.467. The first kappa shape index (κ1) is 30.1. The van der Waals surface area contributed by atoms with Crippen molar-refractivity contribution in [2.45, 2.75) is 58.7 Å². The Morgan fingerprint density at radius 2 is 1.56 bits per heavy atom. The van der Waals surface area contributed by atoms with Gasteiger partial charge in [0.05, 0.1) is 34.2 Å². The number of ketones is 1. The zero-order chi connectivity index (χ0) is 29.0. The summed E-state index contributed by atoms with van der Waals surface area (Å²) in [6.45, 7) is 12.4. The summed E-state index contributed by atoms with van der Waals surface area (Å²) in [6, 6.07) is 7.89. The molecule has 0 amide bonds. The van der Waals surface area contributed by atoms with Crippen LogP contribution in [0, 0.1) is 0 Å². The molecule has 39 heavy (non-hydrogen) atoms. The second-order valence-corrected chi connectivity index (χ2v) is 15.7. The average Bonchev–Trinajstić information content (AvgIpc) is 3.05. The molecule has 9 heteroatoms. The molecule has 212 valence electrons. The van der Waals surface area contributed by atoms with E-state index in [2.05, 4.69) is 39.0 Å². The van der Waals surface area contributed by atoms with Crippen molar-refractivity contribution in [2.24, 2.45) is 5.16 Å². The largest absolute Gasteiger partial charge is 0.541 e. The Bertz CT molecular complexity index is 1280. The Kier molecular flexibility index (Phi) is 9.37. The molecule has 0 unspecified atom stereocenters. The molecule has 0 saturated carbocycles. The molecule has 1 aliphatic carbocycles. The van der Waals surface area contributed by atoms with Gasteiger partial charge in [-0.25, -0.2) is 0 Å². The van der Waals surface area contributed by atoms with E-state index in [0.717, 1.165) is 22.3 Å². The lowest BCUT2D eigenvalue weighted by Gasteiger charge is -2.37. The first-order valence-electron chi connectivity index (χ1n) is 13.0. The van der Waals surface area contributed by atoms with Crippen LogP contribution in [0.5, 0.6) is 28.7 Å². The quantitative estimate of drug-likeness (QED) is 0.246. The SMILES string of the molecule is COc1ccc(C2=C/C(=N/OCC(C)=O)CCc3c2cc(OC)c(OC)c3OC)cc1O[Si](C)(C)C(C)(C)C. The topological polar surface area (TPSA) is 84.8 Å². The van der Waals surface area contributed by atoms with Gasteiger partial charge in [0, 0.05) is 5.56 Å². The standard InChI is InChI=1S/C30H41NO7Si/c1-19(32)18-37-31-21-12-13-22-24(17-27(34-6)29(36-8)28(22)35-7)23(16-21)20-11-14-25(33-5)26(15-20)38-39(9,10)30(2,3)4/h11,14-17H,12-13,18H2,1-10H3/b31-21+. The Morgan fingerprint density at radius 1 is 0.897 bits per heavy atom. The second kappa shape index (κ2) is 12.2. The number of methoxy groups -OCH3 is 4. The van der Waals surface area contributed by atoms with Crippen LogP contribution in [0.25, 0.3) is 5.57 Å². The van der Waals surface area contributed by atoms with Crippen molar-refractivity contribution < 1.29 is 33.0 Å². The first-order chi connectivity index (χ1) is 18.4. The van der Waals surface area contributed by atoms with E-state index in [1.807, 2.05) is 30.3 Å². The zero-order valence-corrected chi connectivity index (χ0v) is 25.8. The number of ether oxygens (including phenoxy) is 4. The molecular formula is C30H41NO7Si. The highest BCUT2D eigenvalue weighted by atomic mass is 28.4. The number of hydrogen-bond donors (Lipinski definition) is 0. The van der Waals surface area contributed by atoms with Crippen molar-refractivity contribution in [3.05, 3.63) is 47.0 Å². The van der Waals surface area contributed by atoms with E-state index in [9.17, 15) is 4.79 Å². The number of carbonyl (C=O) groups is 1. The molecule has 2 aromatic rings. The maximum atomic E-state index is 11.4. The summed E-state index contributed by atoms with van der Waals surface area (Å²) in [5.41, 5.74) is 4.37. The molecule has 2 aromatic carbocycles. The third-order valence-corrected chi connectivity index (χ3v) is 11.6. The maximum Gasteiger partial charge on any atom is 0.250 e. The van der Waals surface area contributed by atoms with Gasteiger partial charge in [-0.1, -0.05) is 32.0 Å². The lowest BCUT2D eigenvalue weighted by Crippen LogP contribution is -2.43. The predicted octanol–water partition coefficient (Wildman–Crippen LogP) is 6.44. The molecule has 0 heterocycles. The molecule has 3 rings (SSSR count). The van der Waals surface area contributed by atoms with Crippen LogP contribution in [0.3, 0.4) is 0 Å². The number of hydrogen-bond acceptors (Lipinski definition) is 8. The molecule has 0 N–H and O–H groups in total. The van der Waals surface area contributed by atoms with Gasteiger partial charge in [0.1, 0.15) is 5.75 Å². The molecule has 0 radical (unpaired) electrons. The van der Waals surface area contributed by atoms with Crippen molar-refractivity contribution >= 4 is 25.4 Å². The Morgan fingerprint density at radius 3 is 2.13 bits per heavy atom. The van der Waals surface area contributed by atoms with Gasteiger partial charge in [-0.3, -0.25) is 4.79 Å². The second-order valence-electron chi connectivity index (χ2n) is 11.0. The summed E-state index contributed by atoms with van der Waals surface area (Å²) in [4.78, 5) is 16.8. The third kappa shape index (κ3) is 6.58. The van der Waals surface area contributed by atoms with Gasteiger partial charge >= 0.3 is 0 Å². The number of nitrogens with zero attached hydrogens (tertiary/aromatic N) is 1. The van der Waals surface area contributed by atoms with Crippen molar-refractivity contribution in [1.29, 1.82) is 0 Å². The van der Waals surface area contributed by atoms with Crippen LogP contribution < -0.4 is 23.4 Å². The molecular weight excluding hydrogens is 514 g/mol. The van der Waals surface area contributed by atoms with Crippen LogP contribution in [-0.2, 0) is 16.1 Å². The van der Waals surface area contributed by atoms with Crippen molar-refractivity contribution in [3.63, 3.8) is 0 Å². The summed E-state index contributed by atoms with van der Waals surface area (Å²) in [5, 5.41) is 4.31. The zero-order valence-electron chi connectivity index (χ0n) is 24.8. The Hall–Kier alpha value is -3.46. The maximum absolute atomic E-state index is 11.4. The van der Waals surface area contributed by atoms with Crippen LogP contribution >= 0.6 is 0 Å². The molecule has 0 atom stereocenters. The van der Waals surface area contributed by atoms with E-state index in [0.29, 0.717) is 47.3 Å². The third-order valence-electron chi connectivity index (χ3n) is 7.26. The smallest absolute Gasteiger partial charge is 0.250 e. The highest BCUT2D eigenvalue weighted by Gasteiger charge is 2.39. The van der Waals surface area contributed by atoms with Gasteiger partial charge in [-0.15, -0.1) is 0 Å². The molecule has 0 aromatic heterocycles.